The van der Waals surface area contributed by atoms with E-state index in [1.807, 2.05) is 6.07 Å². The maximum atomic E-state index is 14.5. The number of amidine groups is 1. The molecule has 0 spiro atoms. The van der Waals surface area contributed by atoms with Crippen molar-refractivity contribution >= 4 is 12.6 Å². The van der Waals surface area contributed by atoms with Gasteiger partial charge in [0.15, 0.2) is 0 Å². The highest BCUT2D eigenvalue weighted by Gasteiger charge is 2.43. The van der Waals surface area contributed by atoms with Crippen molar-refractivity contribution in [1.29, 1.82) is 0 Å². The van der Waals surface area contributed by atoms with Crippen LogP contribution in [0.5, 0.6) is 5.75 Å². The van der Waals surface area contributed by atoms with Crippen molar-refractivity contribution in [3.63, 3.8) is 0 Å². The third-order valence-corrected chi connectivity index (χ3v) is 7.35. The minimum atomic E-state index is -2.55. The first-order valence-electron chi connectivity index (χ1n) is 13.5. The van der Waals surface area contributed by atoms with Gasteiger partial charge in [0.05, 0.1) is 19.7 Å². The number of benzene rings is 1. The van der Waals surface area contributed by atoms with E-state index in [-0.39, 0.29) is 24.8 Å². The van der Waals surface area contributed by atoms with Gasteiger partial charge in [-0.2, -0.15) is 5.10 Å². The summed E-state index contributed by atoms with van der Waals surface area (Å²) < 4.78 is 46.1. The van der Waals surface area contributed by atoms with Crippen LogP contribution in [0.25, 0.3) is 0 Å². The molecular formula is C28H43F3N4O. The van der Waals surface area contributed by atoms with Gasteiger partial charge in [0.25, 0.3) is 5.92 Å². The molecule has 36 heavy (non-hydrogen) atoms. The molecule has 5 nitrogen and oxygen atoms in total. The molecule has 3 unspecified atom stereocenters. The van der Waals surface area contributed by atoms with Gasteiger partial charge < -0.3 is 10.2 Å². The Bertz CT molecular complexity index is 868. The summed E-state index contributed by atoms with van der Waals surface area (Å²) in [6.45, 7) is 11.6. The maximum Gasteiger partial charge on any atom is 0.272 e. The van der Waals surface area contributed by atoms with Gasteiger partial charge in [-0.25, -0.2) is 18.2 Å². The number of likely N-dealkylation sites (tertiary alicyclic amines) is 1. The fourth-order valence-electron chi connectivity index (χ4n) is 5.27. The van der Waals surface area contributed by atoms with E-state index in [1.54, 1.807) is 11.0 Å². The number of hydrazone groups is 1. The summed E-state index contributed by atoms with van der Waals surface area (Å²) in [5.74, 6) is 0.807. The summed E-state index contributed by atoms with van der Waals surface area (Å²) in [7, 11) is 0. The Labute approximate surface area is 214 Å². The maximum absolute atomic E-state index is 14.5. The number of nitrogens with zero attached hydrogens (tertiary/aromatic N) is 3. The molecule has 1 aliphatic heterocycles. The quantitative estimate of drug-likeness (QED) is 0.126. The second kappa shape index (κ2) is 13.5. The lowest BCUT2D eigenvalue weighted by Gasteiger charge is -2.38. The van der Waals surface area contributed by atoms with Crippen molar-refractivity contribution in [3.8, 4) is 5.75 Å². The Morgan fingerprint density at radius 2 is 2.06 bits per heavy atom. The zero-order valence-electron chi connectivity index (χ0n) is 22.1. The van der Waals surface area contributed by atoms with Crippen LogP contribution in [0.3, 0.4) is 0 Å². The monoisotopic (exact) mass is 508 g/mol. The number of alkyl halides is 2. The second-order valence-electron chi connectivity index (χ2n) is 10.7. The van der Waals surface area contributed by atoms with Gasteiger partial charge in [0, 0.05) is 18.5 Å². The van der Waals surface area contributed by atoms with Crippen LogP contribution in [0, 0.1) is 29.5 Å². The largest absolute Gasteiger partial charge is 0.493 e. The third kappa shape index (κ3) is 8.79. The zero-order valence-corrected chi connectivity index (χ0v) is 22.1. The third-order valence-electron chi connectivity index (χ3n) is 7.35. The predicted molar refractivity (Wildman–Crippen MR) is 141 cm³/mol. The molecule has 2 aliphatic rings. The minimum absolute atomic E-state index is 0.179. The van der Waals surface area contributed by atoms with Crippen LogP contribution in [0.1, 0.15) is 64.9 Å². The summed E-state index contributed by atoms with van der Waals surface area (Å²) in [6, 6.07) is 5.03. The number of halogens is 3. The van der Waals surface area contributed by atoms with E-state index in [9.17, 15) is 13.2 Å². The van der Waals surface area contributed by atoms with Crippen LogP contribution in [0.15, 0.2) is 28.3 Å². The van der Waals surface area contributed by atoms with E-state index >= 15 is 0 Å². The number of hydrogen-bond donors (Lipinski definition) is 1. The van der Waals surface area contributed by atoms with Gasteiger partial charge in [-0.1, -0.05) is 39.7 Å². The normalized spacial score (nSPS) is 22.2. The number of ether oxygens (including phenoxy) is 1. The highest BCUT2D eigenvalue weighted by molar-refractivity contribution is 5.87. The molecule has 3 atom stereocenters. The Morgan fingerprint density at radius 1 is 1.28 bits per heavy atom. The van der Waals surface area contributed by atoms with E-state index < -0.39 is 5.92 Å². The molecule has 0 aromatic heterocycles. The van der Waals surface area contributed by atoms with Gasteiger partial charge in [-0.3, -0.25) is 4.90 Å². The van der Waals surface area contributed by atoms with E-state index in [4.69, 9.17) is 4.74 Å². The SMILES string of the molecule is C=N/C(=N\NCCC(CCC)C1CC1CCOc1ccc(CCCN2CC(F)(F)C2)c(F)c1)C(C)C. The van der Waals surface area contributed by atoms with Crippen LogP contribution >= 0.6 is 0 Å². The molecule has 202 valence electrons. The van der Waals surface area contributed by atoms with Crippen molar-refractivity contribution in [2.45, 2.75) is 71.6 Å². The van der Waals surface area contributed by atoms with Gasteiger partial charge in [-0.05, 0) is 74.7 Å². The number of aryl methyl sites for hydroxylation is 1. The summed E-state index contributed by atoms with van der Waals surface area (Å²) in [4.78, 5) is 5.68. The van der Waals surface area contributed by atoms with E-state index in [1.165, 1.54) is 25.3 Å². The topological polar surface area (TPSA) is 49.2 Å². The van der Waals surface area contributed by atoms with Crippen LogP contribution in [0.2, 0.25) is 0 Å². The molecule has 0 bridgehead atoms. The zero-order chi connectivity index (χ0) is 26.1. The molecule has 0 amide bonds. The first-order valence-corrected chi connectivity index (χ1v) is 13.5. The fourth-order valence-corrected chi connectivity index (χ4v) is 5.27. The Kier molecular flexibility index (Phi) is 10.6. The Morgan fingerprint density at radius 3 is 2.69 bits per heavy atom. The molecule has 1 aromatic carbocycles. The lowest BCUT2D eigenvalue weighted by molar-refractivity contribution is -0.130. The van der Waals surface area contributed by atoms with Crippen LogP contribution in [0.4, 0.5) is 13.2 Å². The number of rotatable bonds is 16. The number of aliphatic imine (C=N–C) groups is 1. The number of nitrogens with one attached hydrogen (secondary N) is 1. The second-order valence-corrected chi connectivity index (χ2v) is 10.7. The molecule has 0 radical (unpaired) electrons. The highest BCUT2D eigenvalue weighted by atomic mass is 19.3. The van der Waals surface area contributed by atoms with E-state index in [2.05, 4.69) is 43.0 Å². The van der Waals surface area contributed by atoms with Gasteiger partial charge in [0.2, 0.25) is 0 Å². The van der Waals surface area contributed by atoms with Gasteiger partial charge >= 0.3 is 0 Å². The fraction of sp³-hybridized carbons (Fsp3) is 0.714. The van der Waals surface area contributed by atoms with Crippen LogP contribution in [-0.4, -0.2) is 56.2 Å². The Hall–Kier alpha value is -2.09. The molecular weight excluding hydrogens is 465 g/mol. The van der Waals surface area contributed by atoms with Crippen LogP contribution in [-0.2, 0) is 6.42 Å². The molecule has 1 aliphatic carbocycles. The molecule has 1 saturated carbocycles. The molecule has 1 N–H and O–H groups in total. The smallest absolute Gasteiger partial charge is 0.272 e. The summed E-state index contributed by atoms with van der Waals surface area (Å²) in [6.07, 6.45) is 6.92. The Balaban J connectivity index is 1.33. The molecule has 8 heteroatoms. The molecule has 2 fully saturated rings. The van der Waals surface area contributed by atoms with Crippen molar-refractivity contribution in [3.05, 3.63) is 29.6 Å². The van der Waals surface area contributed by atoms with Crippen molar-refractivity contribution < 1.29 is 17.9 Å². The molecule has 1 heterocycles. The minimum Gasteiger partial charge on any atom is -0.493 e. The van der Waals surface area contributed by atoms with E-state index in [0.29, 0.717) is 49.1 Å². The average molecular weight is 509 g/mol. The first-order chi connectivity index (χ1) is 17.2. The van der Waals surface area contributed by atoms with E-state index in [0.717, 1.165) is 31.1 Å². The highest BCUT2D eigenvalue weighted by Crippen LogP contribution is 2.49. The summed E-state index contributed by atoms with van der Waals surface area (Å²) in [5.41, 5.74) is 3.78. The molecule has 1 aromatic rings. The van der Waals surface area contributed by atoms with Crippen LogP contribution < -0.4 is 10.2 Å². The number of hydrogen-bond acceptors (Lipinski definition) is 4. The predicted octanol–water partition coefficient (Wildman–Crippen LogP) is 6.18. The molecule has 1 saturated heterocycles. The average Bonchev–Trinajstić information content (AvgIpc) is 3.57. The lowest BCUT2D eigenvalue weighted by atomic mass is 9.93. The van der Waals surface area contributed by atoms with Gasteiger partial charge in [0.1, 0.15) is 17.4 Å². The summed E-state index contributed by atoms with van der Waals surface area (Å²) >= 11 is 0. The summed E-state index contributed by atoms with van der Waals surface area (Å²) in [5, 5.41) is 4.36. The van der Waals surface area contributed by atoms with Crippen molar-refractivity contribution in [2.75, 3.05) is 32.8 Å². The first kappa shape index (κ1) is 28.5. The molecule has 3 rings (SSSR count). The standard InChI is InChI=1S/C28H43F3N4O/c1-5-7-21(11-13-33-34-27(32-4)20(2)3)25-16-23(25)12-15-36-24-10-9-22(26(29)17-24)8-6-14-35-18-28(30,31)19-35/h9-10,17,20-21,23,25,33H,4-8,11-16,18-19H2,1-3H3/b34-27-. The van der Waals surface area contributed by atoms with Gasteiger partial charge in [-0.15, -0.1) is 0 Å². The van der Waals surface area contributed by atoms with Crippen molar-refractivity contribution in [2.24, 2.45) is 33.8 Å². The lowest BCUT2D eigenvalue weighted by Crippen LogP contribution is -2.56. The van der Waals surface area contributed by atoms with Crippen molar-refractivity contribution in [1.82, 2.24) is 10.3 Å².